The van der Waals surface area contributed by atoms with E-state index in [1.54, 1.807) is 0 Å². The second kappa shape index (κ2) is 5.80. The van der Waals surface area contributed by atoms with Crippen LogP contribution in [0.3, 0.4) is 0 Å². The summed E-state index contributed by atoms with van der Waals surface area (Å²) in [6.45, 7) is 2.18. The Balaban J connectivity index is 1.97. The summed E-state index contributed by atoms with van der Waals surface area (Å²) in [5.74, 6) is 0.337. The number of carbonyl (C=O) groups is 1. The molecule has 0 saturated heterocycles. The Hall–Kier alpha value is -1.65. The highest BCUT2D eigenvalue weighted by Crippen LogP contribution is 2.28. The second-order valence-corrected chi connectivity index (χ2v) is 4.76. The molecule has 1 aromatic rings. The fraction of sp³-hybridized carbons (Fsp3) is 0.615. The van der Waals surface area contributed by atoms with Gasteiger partial charge < -0.3 is 10.5 Å². The molecule has 5 heteroatoms. The average molecular weight is 249 g/mol. The molecule has 2 rings (SSSR count). The molecule has 1 aromatic heterocycles. The third-order valence-corrected chi connectivity index (χ3v) is 3.51. The highest BCUT2D eigenvalue weighted by atomic mass is 16.5. The molecule has 1 saturated carbocycles. The van der Waals surface area contributed by atoms with Crippen LogP contribution < -0.4 is 5.73 Å². The minimum absolute atomic E-state index is 0.00222. The number of aromatic nitrogens is 2. The first-order valence-corrected chi connectivity index (χ1v) is 6.48. The third kappa shape index (κ3) is 2.97. The molecule has 0 amide bonds. The second-order valence-electron chi connectivity index (χ2n) is 4.76. The Morgan fingerprint density at radius 3 is 2.94 bits per heavy atom. The lowest BCUT2D eigenvalue weighted by atomic mass is 9.85. The Labute approximate surface area is 107 Å². The maximum atomic E-state index is 11.9. The first-order valence-electron chi connectivity index (χ1n) is 6.48. The van der Waals surface area contributed by atoms with Gasteiger partial charge in [-0.25, -0.2) is 14.8 Å². The highest BCUT2D eigenvalue weighted by molar-refractivity contribution is 5.91. The Morgan fingerprint density at radius 2 is 2.22 bits per heavy atom. The van der Waals surface area contributed by atoms with E-state index in [1.807, 2.05) is 0 Å². The van der Waals surface area contributed by atoms with Gasteiger partial charge in [-0.3, -0.25) is 0 Å². The molecule has 0 aliphatic heterocycles. The summed E-state index contributed by atoms with van der Waals surface area (Å²) in [7, 11) is 0. The van der Waals surface area contributed by atoms with E-state index in [4.69, 9.17) is 10.5 Å². The van der Waals surface area contributed by atoms with Gasteiger partial charge in [0.15, 0.2) is 11.5 Å². The summed E-state index contributed by atoms with van der Waals surface area (Å²) in [5.41, 5.74) is 5.73. The summed E-state index contributed by atoms with van der Waals surface area (Å²) < 4.78 is 5.47. The lowest BCUT2D eigenvalue weighted by molar-refractivity contribution is 0.0134. The van der Waals surface area contributed by atoms with E-state index < -0.39 is 5.97 Å². The van der Waals surface area contributed by atoms with Crippen molar-refractivity contribution in [3.05, 3.63) is 18.1 Å². The third-order valence-electron chi connectivity index (χ3n) is 3.51. The van der Waals surface area contributed by atoms with Crippen molar-refractivity contribution in [3.8, 4) is 0 Å². The number of carbonyl (C=O) groups excluding carboxylic acids is 1. The first kappa shape index (κ1) is 12.8. The molecule has 2 atom stereocenters. The lowest BCUT2D eigenvalue weighted by Gasteiger charge is -2.28. The standard InChI is InChI=1S/C13H19N3O2/c1-2-9-4-3-5-10(8-9)18-13(17)11-12(14)16-7-6-15-11/h6-7,9-10H,2-5,8H2,1H3,(H2,14,16). The van der Waals surface area contributed by atoms with Crippen molar-refractivity contribution in [2.24, 2.45) is 5.92 Å². The topological polar surface area (TPSA) is 78.1 Å². The molecule has 1 heterocycles. The van der Waals surface area contributed by atoms with Crippen LogP contribution in [-0.4, -0.2) is 22.0 Å². The molecule has 98 valence electrons. The van der Waals surface area contributed by atoms with E-state index in [0.717, 1.165) is 25.7 Å². The van der Waals surface area contributed by atoms with Crippen LogP contribution in [0.5, 0.6) is 0 Å². The number of ether oxygens (including phenoxy) is 1. The van der Waals surface area contributed by atoms with Gasteiger partial charge in [0.05, 0.1) is 0 Å². The van der Waals surface area contributed by atoms with Gasteiger partial charge in [0.1, 0.15) is 6.10 Å². The number of nitrogen functional groups attached to an aromatic ring is 1. The number of esters is 1. The number of nitrogens with two attached hydrogens (primary N) is 1. The van der Waals surface area contributed by atoms with Gasteiger partial charge >= 0.3 is 5.97 Å². The van der Waals surface area contributed by atoms with E-state index in [0.29, 0.717) is 5.92 Å². The van der Waals surface area contributed by atoms with Crippen molar-refractivity contribution in [1.29, 1.82) is 0 Å². The van der Waals surface area contributed by atoms with Crippen LogP contribution in [0.4, 0.5) is 5.82 Å². The van der Waals surface area contributed by atoms with Gasteiger partial charge in [-0.2, -0.15) is 0 Å². The Kier molecular flexibility index (Phi) is 4.12. The predicted molar refractivity (Wildman–Crippen MR) is 67.9 cm³/mol. The van der Waals surface area contributed by atoms with E-state index in [1.165, 1.54) is 18.8 Å². The van der Waals surface area contributed by atoms with Crippen molar-refractivity contribution in [2.75, 3.05) is 5.73 Å². The summed E-state index contributed by atoms with van der Waals surface area (Å²) in [6.07, 6.45) is 8.27. The quantitative estimate of drug-likeness (QED) is 0.831. The number of hydrogen-bond acceptors (Lipinski definition) is 5. The molecule has 18 heavy (non-hydrogen) atoms. The van der Waals surface area contributed by atoms with Crippen LogP contribution in [0, 0.1) is 5.92 Å². The minimum Gasteiger partial charge on any atom is -0.458 e. The average Bonchev–Trinajstić information content (AvgIpc) is 2.39. The molecule has 0 aromatic carbocycles. The maximum Gasteiger partial charge on any atom is 0.361 e. The molecular weight excluding hydrogens is 230 g/mol. The zero-order valence-electron chi connectivity index (χ0n) is 10.6. The first-order chi connectivity index (χ1) is 8.70. The number of rotatable bonds is 3. The molecule has 0 radical (unpaired) electrons. The number of hydrogen-bond donors (Lipinski definition) is 1. The van der Waals surface area contributed by atoms with Crippen LogP contribution >= 0.6 is 0 Å². The summed E-state index contributed by atoms with van der Waals surface area (Å²) in [5, 5.41) is 0. The van der Waals surface area contributed by atoms with E-state index in [-0.39, 0.29) is 17.6 Å². The van der Waals surface area contributed by atoms with Gasteiger partial charge in [-0.1, -0.05) is 19.8 Å². The van der Waals surface area contributed by atoms with Crippen molar-refractivity contribution in [1.82, 2.24) is 9.97 Å². The molecule has 1 aliphatic rings. The molecule has 0 bridgehead atoms. The zero-order chi connectivity index (χ0) is 13.0. The van der Waals surface area contributed by atoms with Crippen LogP contribution in [0.15, 0.2) is 12.4 Å². The van der Waals surface area contributed by atoms with Crippen molar-refractivity contribution in [3.63, 3.8) is 0 Å². The SMILES string of the molecule is CCC1CCCC(OC(=O)c2nccnc2N)C1. The lowest BCUT2D eigenvalue weighted by Crippen LogP contribution is -2.26. The van der Waals surface area contributed by atoms with Crippen LogP contribution in [-0.2, 0) is 4.74 Å². The van der Waals surface area contributed by atoms with Crippen molar-refractivity contribution in [2.45, 2.75) is 45.1 Å². The summed E-state index contributed by atoms with van der Waals surface area (Å²) in [6, 6.07) is 0. The summed E-state index contributed by atoms with van der Waals surface area (Å²) in [4.78, 5) is 19.7. The van der Waals surface area contributed by atoms with Gasteiger partial charge in [-0.15, -0.1) is 0 Å². The summed E-state index contributed by atoms with van der Waals surface area (Å²) >= 11 is 0. The van der Waals surface area contributed by atoms with Gasteiger partial charge in [0, 0.05) is 12.4 Å². The highest BCUT2D eigenvalue weighted by Gasteiger charge is 2.25. The maximum absolute atomic E-state index is 11.9. The van der Waals surface area contributed by atoms with E-state index in [2.05, 4.69) is 16.9 Å². The fourth-order valence-electron chi connectivity index (χ4n) is 2.43. The largest absolute Gasteiger partial charge is 0.458 e. The van der Waals surface area contributed by atoms with E-state index >= 15 is 0 Å². The molecule has 0 spiro atoms. The Morgan fingerprint density at radius 1 is 1.44 bits per heavy atom. The monoisotopic (exact) mass is 249 g/mol. The predicted octanol–water partition coefficient (Wildman–Crippen LogP) is 2.18. The van der Waals surface area contributed by atoms with Crippen LogP contribution in [0.2, 0.25) is 0 Å². The van der Waals surface area contributed by atoms with Crippen molar-refractivity contribution >= 4 is 11.8 Å². The molecule has 2 N–H and O–H groups in total. The fourth-order valence-corrected chi connectivity index (χ4v) is 2.43. The number of nitrogens with zero attached hydrogens (tertiary/aromatic N) is 2. The smallest absolute Gasteiger partial charge is 0.361 e. The van der Waals surface area contributed by atoms with Crippen LogP contribution in [0.1, 0.15) is 49.5 Å². The molecule has 5 nitrogen and oxygen atoms in total. The van der Waals surface area contributed by atoms with Gasteiger partial charge in [0.25, 0.3) is 0 Å². The Bertz CT molecular complexity index is 422. The molecular formula is C13H19N3O2. The van der Waals surface area contributed by atoms with E-state index in [9.17, 15) is 4.79 Å². The molecule has 1 aliphatic carbocycles. The normalized spacial score (nSPS) is 23.6. The minimum atomic E-state index is -0.456. The van der Waals surface area contributed by atoms with Crippen molar-refractivity contribution < 1.29 is 9.53 Å². The zero-order valence-corrected chi connectivity index (χ0v) is 10.6. The van der Waals surface area contributed by atoms with Gasteiger partial charge in [0.2, 0.25) is 0 Å². The van der Waals surface area contributed by atoms with Gasteiger partial charge in [-0.05, 0) is 25.2 Å². The van der Waals surface area contributed by atoms with Crippen LogP contribution in [0.25, 0.3) is 0 Å². The number of anilines is 1. The molecule has 2 unspecified atom stereocenters. The molecule has 1 fully saturated rings.